The average molecular weight is 239 g/mol. The van der Waals surface area contributed by atoms with Crippen LogP contribution in [-0.4, -0.2) is 17.1 Å². The van der Waals surface area contributed by atoms with Crippen molar-refractivity contribution < 1.29 is 4.79 Å². The first-order valence-electron chi connectivity index (χ1n) is 5.57. The summed E-state index contributed by atoms with van der Waals surface area (Å²) in [6.45, 7) is 1.94. The quantitative estimate of drug-likeness (QED) is 0.659. The molecule has 0 radical (unpaired) electrons. The number of rotatable bonds is 3. The minimum absolute atomic E-state index is 0.231. The maximum absolute atomic E-state index is 11.7. The second kappa shape index (κ2) is 5.72. The van der Waals surface area contributed by atoms with Gasteiger partial charge in [0.15, 0.2) is 0 Å². The van der Waals surface area contributed by atoms with Gasteiger partial charge in [-0.2, -0.15) is 5.10 Å². The molecule has 0 aliphatic carbocycles. The highest BCUT2D eigenvalue weighted by Crippen LogP contribution is 2.03. The number of aryl methyl sites for hydroxylation is 1. The van der Waals surface area contributed by atoms with Gasteiger partial charge in [-0.25, -0.2) is 5.43 Å². The number of hydrogen-bond acceptors (Lipinski definition) is 3. The van der Waals surface area contributed by atoms with E-state index in [0.717, 1.165) is 5.56 Å². The Morgan fingerprint density at radius 3 is 2.89 bits per heavy atom. The van der Waals surface area contributed by atoms with Crippen molar-refractivity contribution in [1.82, 2.24) is 10.4 Å². The van der Waals surface area contributed by atoms with Gasteiger partial charge in [0.05, 0.1) is 11.9 Å². The number of nitrogens with one attached hydrogen (secondary N) is 1. The van der Waals surface area contributed by atoms with Crippen molar-refractivity contribution in [2.24, 2.45) is 5.10 Å². The van der Waals surface area contributed by atoms with Gasteiger partial charge in [0.25, 0.3) is 5.91 Å². The van der Waals surface area contributed by atoms with Gasteiger partial charge < -0.3 is 0 Å². The highest BCUT2D eigenvalue weighted by Gasteiger charge is 2.02. The fraction of sp³-hybridized carbons (Fsp3) is 0.0714. The Hall–Kier alpha value is -2.49. The predicted molar refractivity (Wildman–Crippen MR) is 70.5 cm³/mol. The molecule has 0 spiro atoms. The fourth-order valence-corrected chi connectivity index (χ4v) is 1.46. The van der Waals surface area contributed by atoms with Crippen LogP contribution in [0.5, 0.6) is 0 Å². The maximum Gasteiger partial charge on any atom is 0.271 e. The lowest BCUT2D eigenvalue weighted by Crippen LogP contribution is -2.17. The Bertz CT molecular complexity index is 564. The minimum Gasteiger partial charge on any atom is -0.267 e. The lowest BCUT2D eigenvalue weighted by atomic mass is 10.1. The standard InChI is InChI=1S/C14H13N3O/c1-11-5-4-6-12(9-11)14(18)17-16-10-13-7-2-3-8-15-13/h2-10H,1H3,(H,17,18)/b16-10-. The number of hydrazone groups is 1. The van der Waals surface area contributed by atoms with Gasteiger partial charge >= 0.3 is 0 Å². The number of aromatic nitrogens is 1. The Balaban J connectivity index is 1.99. The minimum atomic E-state index is -0.231. The van der Waals surface area contributed by atoms with E-state index in [2.05, 4.69) is 15.5 Å². The zero-order chi connectivity index (χ0) is 12.8. The van der Waals surface area contributed by atoms with Gasteiger partial charge in [0.2, 0.25) is 0 Å². The second-order valence-electron chi connectivity index (χ2n) is 3.82. The molecule has 0 saturated carbocycles. The summed E-state index contributed by atoms with van der Waals surface area (Å²) in [4.78, 5) is 15.8. The zero-order valence-electron chi connectivity index (χ0n) is 10.00. The van der Waals surface area contributed by atoms with Gasteiger partial charge in [0.1, 0.15) is 0 Å². The normalized spacial score (nSPS) is 10.5. The average Bonchev–Trinajstić information content (AvgIpc) is 2.40. The first kappa shape index (κ1) is 12.0. The van der Waals surface area contributed by atoms with Crippen LogP contribution in [0.4, 0.5) is 0 Å². The summed E-state index contributed by atoms with van der Waals surface area (Å²) in [7, 11) is 0. The Kier molecular flexibility index (Phi) is 3.81. The third-order valence-electron chi connectivity index (χ3n) is 2.33. The highest BCUT2D eigenvalue weighted by molar-refractivity contribution is 5.94. The Morgan fingerprint density at radius 2 is 2.17 bits per heavy atom. The number of benzene rings is 1. The van der Waals surface area contributed by atoms with Crippen LogP contribution in [-0.2, 0) is 0 Å². The van der Waals surface area contributed by atoms with E-state index in [-0.39, 0.29) is 5.91 Å². The van der Waals surface area contributed by atoms with E-state index in [1.807, 2.05) is 43.3 Å². The van der Waals surface area contributed by atoms with E-state index in [0.29, 0.717) is 11.3 Å². The SMILES string of the molecule is Cc1cccc(C(=O)N/N=C\c2ccccn2)c1. The van der Waals surface area contributed by atoms with Crippen molar-refractivity contribution in [3.8, 4) is 0 Å². The van der Waals surface area contributed by atoms with Crippen LogP contribution in [0.25, 0.3) is 0 Å². The van der Waals surface area contributed by atoms with Crippen LogP contribution >= 0.6 is 0 Å². The third kappa shape index (κ3) is 3.25. The van der Waals surface area contributed by atoms with E-state index in [9.17, 15) is 4.79 Å². The van der Waals surface area contributed by atoms with E-state index in [1.54, 1.807) is 12.3 Å². The summed E-state index contributed by atoms with van der Waals surface area (Å²) in [6.07, 6.45) is 3.18. The second-order valence-corrected chi connectivity index (χ2v) is 3.82. The summed E-state index contributed by atoms with van der Waals surface area (Å²) in [5, 5.41) is 3.86. The molecule has 0 unspecified atom stereocenters. The Morgan fingerprint density at radius 1 is 1.28 bits per heavy atom. The van der Waals surface area contributed by atoms with Gasteiger partial charge in [-0.15, -0.1) is 0 Å². The summed E-state index contributed by atoms with van der Waals surface area (Å²) in [5.41, 5.74) is 4.79. The molecular formula is C14H13N3O. The molecule has 1 heterocycles. The van der Waals surface area contributed by atoms with Crippen LogP contribution in [0.2, 0.25) is 0 Å². The smallest absolute Gasteiger partial charge is 0.267 e. The maximum atomic E-state index is 11.7. The van der Waals surface area contributed by atoms with Crippen molar-refractivity contribution in [3.63, 3.8) is 0 Å². The molecule has 0 fully saturated rings. The molecule has 0 bridgehead atoms. The molecule has 0 saturated heterocycles. The molecule has 1 amide bonds. The fourth-order valence-electron chi connectivity index (χ4n) is 1.46. The molecule has 1 N–H and O–H groups in total. The number of carbonyl (C=O) groups excluding carboxylic acids is 1. The summed E-state index contributed by atoms with van der Waals surface area (Å²) in [5.74, 6) is -0.231. The van der Waals surface area contributed by atoms with Crippen molar-refractivity contribution in [2.75, 3.05) is 0 Å². The molecule has 1 aromatic heterocycles. The molecule has 2 aromatic rings. The van der Waals surface area contributed by atoms with Crippen molar-refractivity contribution in [2.45, 2.75) is 6.92 Å². The van der Waals surface area contributed by atoms with Crippen LogP contribution < -0.4 is 5.43 Å². The van der Waals surface area contributed by atoms with Gasteiger partial charge in [-0.1, -0.05) is 23.8 Å². The van der Waals surface area contributed by atoms with Crippen molar-refractivity contribution in [1.29, 1.82) is 0 Å². The first-order valence-corrected chi connectivity index (χ1v) is 5.57. The number of amides is 1. The van der Waals surface area contributed by atoms with Crippen LogP contribution in [0, 0.1) is 6.92 Å². The summed E-state index contributed by atoms with van der Waals surface area (Å²) < 4.78 is 0. The van der Waals surface area contributed by atoms with Crippen LogP contribution in [0.1, 0.15) is 21.6 Å². The first-order chi connectivity index (χ1) is 8.75. The molecule has 0 aliphatic heterocycles. The van der Waals surface area contributed by atoms with E-state index < -0.39 is 0 Å². The van der Waals surface area contributed by atoms with Gasteiger partial charge in [-0.05, 0) is 31.2 Å². The Labute approximate surface area is 105 Å². The zero-order valence-corrected chi connectivity index (χ0v) is 10.00. The molecule has 1 aromatic carbocycles. The van der Waals surface area contributed by atoms with Crippen molar-refractivity contribution >= 4 is 12.1 Å². The topological polar surface area (TPSA) is 54.4 Å². The highest BCUT2D eigenvalue weighted by atomic mass is 16.2. The number of pyridine rings is 1. The van der Waals surface area contributed by atoms with Crippen LogP contribution in [0.3, 0.4) is 0 Å². The molecule has 0 atom stereocenters. The lowest BCUT2D eigenvalue weighted by Gasteiger charge is -2.00. The summed E-state index contributed by atoms with van der Waals surface area (Å²) >= 11 is 0. The number of hydrogen-bond donors (Lipinski definition) is 1. The number of nitrogens with zero attached hydrogens (tertiary/aromatic N) is 2. The van der Waals surface area contributed by atoms with E-state index in [4.69, 9.17) is 0 Å². The van der Waals surface area contributed by atoms with Crippen molar-refractivity contribution in [3.05, 3.63) is 65.5 Å². The number of carbonyl (C=O) groups is 1. The largest absolute Gasteiger partial charge is 0.271 e. The molecule has 4 heteroatoms. The molecule has 2 rings (SSSR count). The van der Waals surface area contributed by atoms with Crippen LogP contribution in [0.15, 0.2) is 53.8 Å². The molecule has 90 valence electrons. The lowest BCUT2D eigenvalue weighted by molar-refractivity contribution is 0.0955. The monoisotopic (exact) mass is 239 g/mol. The van der Waals surface area contributed by atoms with Gasteiger partial charge in [-0.3, -0.25) is 9.78 Å². The van der Waals surface area contributed by atoms with Gasteiger partial charge in [0, 0.05) is 11.8 Å². The molecule has 0 aliphatic rings. The molecule has 4 nitrogen and oxygen atoms in total. The molecular weight excluding hydrogens is 226 g/mol. The van der Waals surface area contributed by atoms with E-state index in [1.165, 1.54) is 6.21 Å². The molecule has 18 heavy (non-hydrogen) atoms. The predicted octanol–water partition coefficient (Wildman–Crippen LogP) is 2.15. The third-order valence-corrected chi connectivity index (χ3v) is 2.33. The summed E-state index contributed by atoms with van der Waals surface area (Å²) in [6, 6.07) is 12.8. The van der Waals surface area contributed by atoms with E-state index >= 15 is 0 Å².